The number of hydrogen-bond acceptors (Lipinski definition) is 2. The van der Waals surface area contributed by atoms with Crippen LogP contribution in [0, 0.1) is 0 Å². The summed E-state index contributed by atoms with van der Waals surface area (Å²) in [5.74, 6) is 0. The number of para-hydroxylation sites is 1. The maximum absolute atomic E-state index is 12.7. The van der Waals surface area contributed by atoms with E-state index < -0.39 is 0 Å². The average molecular weight is 326 g/mol. The van der Waals surface area contributed by atoms with E-state index >= 15 is 0 Å². The third kappa shape index (κ3) is 1.81. The fourth-order valence-electron chi connectivity index (χ4n) is 4.11. The first kappa shape index (κ1) is 14.4. The Morgan fingerprint density at radius 2 is 1.56 bits per heavy atom. The number of pyridine rings is 2. The number of rotatable bonds is 0. The normalized spacial score (nSPS) is 12.8. The van der Waals surface area contributed by atoms with Gasteiger partial charge in [0.2, 0.25) is 0 Å². The molecule has 2 aromatic carbocycles. The van der Waals surface area contributed by atoms with E-state index in [9.17, 15) is 4.79 Å². The topological polar surface area (TPSA) is 34.4 Å². The standard InChI is InChI=1S/C22H18N2O/c1-22(2,3)18-14-8-4-5-9-15(14)20-23-21(25)16-10-6-7-13-11-12-17(18)24(20)19(13)16/h4-12H,1-3H3. The largest absolute Gasteiger partial charge is 0.293 e. The van der Waals surface area contributed by atoms with E-state index in [-0.39, 0.29) is 11.0 Å². The van der Waals surface area contributed by atoms with Crippen molar-refractivity contribution in [3.63, 3.8) is 0 Å². The van der Waals surface area contributed by atoms with Crippen LogP contribution in [0.2, 0.25) is 0 Å². The molecule has 3 aromatic heterocycles. The Kier molecular flexibility index (Phi) is 2.63. The van der Waals surface area contributed by atoms with Crippen LogP contribution in [-0.2, 0) is 5.41 Å². The van der Waals surface area contributed by atoms with Crippen molar-refractivity contribution in [3.8, 4) is 0 Å². The molecule has 0 fully saturated rings. The van der Waals surface area contributed by atoms with Gasteiger partial charge in [0, 0.05) is 5.39 Å². The van der Waals surface area contributed by atoms with Crippen LogP contribution in [0.1, 0.15) is 26.3 Å². The summed E-state index contributed by atoms with van der Waals surface area (Å²) in [5, 5.41) is 3.94. The number of fused-ring (bicyclic) bond motifs is 2. The molecule has 3 heterocycles. The molecule has 0 saturated carbocycles. The van der Waals surface area contributed by atoms with E-state index in [1.165, 1.54) is 10.9 Å². The Balaban J connectivity index is 2.25. The molecule has 3 heteroatoms. The second-order valence-corrected chi connectivity index (χ2v) is 7.71. The third-order valence-corrected chi connectivity index (χ3v) is 5.05. The zero-order chi connectivity index (χ0) is 17.3. The van der Waals surface area contributed by atoms with E-state index in [2.05, 4.69) is 66.6 Å². The summed E-state index contributed by atoms with van der Waals surface area (Å²) in [7, 11) is 0. The monoisotopic (exact) mass is 326 g/mol. The molecule has 122 valence electrons. The predicted molar refractivity (Wildman–Crippen MR) is 104 cm³/mol. The molecule has 0 radical (unpaired) electrons. The number of aromatic nitrogens is 2. The minimum Gasteiger partial charge on any atom is -0.293 e. The van der Waals surface area contributed by atoms with Crippen LogP contribution in [0.15, 0.2) is 59.4 Å². The maximum Gasteiger partial charge on any atom is 0.281 e. The summed E-state index contributed by atoms with van der Waals surface area (Å²) >= 11 is 0. The van der Waals surface area contributed by atoms with Crippen LogP contribution >= 0.6 is 0 Å². The second kappa shape index (κ2) is 4.57. The zero-order valence-electron chi connectivity index (χ0n) is 14.5. The van der Waals surface area contributed by atoms with Crippen molar-refractivity contribution < 1.29 is 0 Å². The summed E-state index contributed by atoms with van der Waals surface area (Å²) in [6, 6.07) is 18.4. The highest BCUT2D eigenvalue weighted by Crippen LogP contribution is 2.37. The highest BCUT2D eigenvalue weighted by atomic mass is 16.1. The second-order valence-electron chi connectivity index (χ2n) is 7.71. The van der Waals surface area contributed by atoms with Crippen molar-refractivity contribution in [2.75, 3.05) is 0 Å². The molecular formula is C22H18N2O. The molecule has 0 N–H and O–H groups in total. The Hall–Kier alpha value is -2.94. The molecule has 0 aliphatic rings. The van der Waals surface area contributed by atoms with Gasteiger partial charge in [0.1, 0.15) is 5.65 Å². The van der Waals surface area contributed by atoms with Crippen molar-refractivity contribution in [3.05, 3.63) is 70.5 Å². The first-order valence-corrected chi connectivity index (χ1v) is 8.55. The van der Waals surface area contributed by atoms with Gasteiger partial charge in [-0.3, -0.25) is 9.20 Å². The van der Waals surface area contributed by atoms with Crippen molar-refractivity contribution in [1.82, 2.24) is 9.38 Å². The summed E-state index contributed by atoms with van der Waals surface area (Å²) in [5.41, 5.74) is 3.92. The third-order valence-electron chi connectivity index (χ3n) is 5.05. The average Bonchev–Trinajstić information content (AvgIpc) is 2.59. The summed E-state index contributed by atoms with van der Waals surface area (Å²) in [6.07, 6.45) is 0. The van der Waals surface area contributed by atoms with Gasteiger partial charge in [-0.15, -0.1) is 0 Å². The van der Waals surface area contributed by atoms with Crippen molar-refractivity contribution in [1.29, 1.82) is 0 Å². The molecule has 0 unspecified atom stereocenters. The van der Waals surface area contributed by atoms with Gasteiger partial charge < -0.3 is 0 Å². The minimum atomic E-state index is -0.160. The van der Waals surface area contributed by atoms with Gasteiger partial charge in [0.15, 0.2) is 0 Å². The number of hydrogen-bond donors (Lipinski definition) is 0. The maximum atomic E-state index is 12.7. The van der Waals surface area contributed by atoms with Crippen LogP contribution in [0.5, 0.6) is 0 Å². The van der Waals surface area contributed by atoms with Crippen LogP contribution in [0.4, 0.5) is 0 Å². The van der Waals surface area contributed by atoms with E-state index in [4.69, 9.17) is 0 Å². The van der Waals surface area contributed by atoms with Crippen molar-refractivity contribution >= 4 is 38.2 Å². The molecule has 0 atom stereocenters. The first-order valence-electron chi connectivity index (χ1n) is 8.55. The molecule has 5 aromatic rings. The van der Waals surface area contributed by atoms with Crippen LogP contribution in [-0.4, -0.2) is 9.38 Å². The molecule has 5 rings (SSSR count). The SMILES string of the molecule is CC(C)(C)c1c2ccccc2c2nc(=O)c3cccc4ccc1n2c43. The summed E-state index contributed by atoms with van der Waals surface area (Å²) in [6.45, 7) is 6.70. The highest BCUT2D eigenvalue weighted by molar-refractivity contribution is 6.07. The fourth-order valence-corrected chi connectivity index (χ4v) is 4.11. The zero-order valence-corrected chi connectivity index (χ0v) is 14.5. The van der Waals surface area contributed by atoms with E-state index in [0.29, 0.717) is 5.39 Å². The van der Waals surface area contributed by atoms with Gasteiger partial charge in [0.05, 0.1) is 16.4 Å². The summed E-state index contributed by atoms with van der Waals surface area (Å²) < 4.78 is 2.18. The lowest BCUT2D eigenvalue weighted by Gasteiger charge is -2.26. The molecule has 0 bridgehead atoms. The van der Waals surface area contributed by atoms with E-state index in [1.807, 2.05) is 18.2 Å². The van der Waals surface area contributed by atoms with Gasteiger partial charge in [0.25, 0.3) is 5.56 Å². The molecule has 0 spiro atoms. The van der Waals surface area contributed by atoms with Gasteiger partial charge >= 0.3 is 0 Å². The number of nitrogens with zero attached hydrogens (tertiary/aromatic N) is 2. The fraction of sp³-hybridized carbons (Fsp3) is 0.182. The molecule has 0 aliphatic heterocycles. The van der Waals surface area contributed by atoms with Gasteiger partial charge in [-0.05, 0) is 33.9 Å². The quantitative estimate of drug-likeness (QED) is 0.300. The summed E-state index contributed by atoms with van der Waals surface area (Å²) in [4.78, 5) is 17.1. The highest BCUT2D eigenvalue weighted by Gasteiger charge is 2.24. The number of benzene rings is 2. The predicted octanol–water partition coefficient (Wildman–Crippen LogP) is 4.89. The smallest absolute Gasteiger partial charge is 0.281 e. The van der Waals surface area contributed by atoms with Gasteiger partial charge in [-0.1, -0.05) is 63.2 Å². The lowest BCUT2D eigenvalue weighted by atomic mass is 9.83. The molecule has 0 saturated heterocycles. The van der Waals surface area contributed by atoms with Crippen LogP contribution < -0.4 is 5.56 Å². The van der Waals surface area contributed by atoms with Crippen LogP contribution in [0.25, 0.3) is 38.2 Å². The molecule has 25 heavy (non-hydrogen) atoms. The van der Waals surface area contributed by atoms with Crippen molar-refractivity contribution in [2.45, 2.75) is 26.2 Å². The first-order chi connectivity index (χ1) is 12.0. The van der Waals surface area contributed by atoms with E-state index in [1.54, 1.807) is 0 Å². The Morgan fingerprint density at radius 1 is 0.840 bits per heavy atom. The van der Waals surface area contributed by atoms with Crippen LogP contribution in [0.3, 0.4) is 0 Å². The molecular weight excluding hydrogens is 308 g/mol. The molecule has 0 amide bonds. The Morgan fingerprint density at radius 3 is 2.32 bits per heavy atom. The molecule has 3 nitrogen and oxygen atoms in total. The van der Waals surface area contributed by atoms with E-state index in [0.717, 1.165) is 27.5 Å². The minimum absolute atomic E-state index is 0.0325. The Bertz CT molecular complexity index is 1340. The molecule has 0 aliphatic carbocycles. The van der Waals surface area contributed by atoms with Gasteiger partial charge in [-0.2, -0.15) is 4.98 Å². The lowest BCUT2D eigenvalue weighted by molar-refractivity contribution is 0.599. The lowest BCUT2D eigenvalue weighted by Crippen LogP contribution is -2.18. The Labute approximate surface area is 144 Å². The van der Waals surface area contributed by atoms with Gasteiger partial charge in [-0.25, -0.2) is 0 Å². The van der Waals surface area contributed by atoms with Crippen molar-refractivity contribution in [2.24, 2.45) is 0 Å².